The minimum atomic E-state index is -0.849. The molecule has 2 heterocycles. The van der Waals surface area contributed by atoms with Crippen molar-refractivity contribution in [2.24, 2.45) is 11.5 Å². The Labute approximate surface area is 310 Å². The Morgan fingerprint density at radius 2 is 1.73 bits per heavy atom. The molecule has 2 aromatic heterocycles. The molecule has 15 heteroatoms. The second kappa shape index (κ2) is 19.7. The molecule has 2 atom stereocenters. The van der Waals surface area contributed by atoms with E-state index in [-0.39, 0.29) is 25.4 Å². The highest BCUT2D eigenvalue weighted by Crippen LogP contribution is 2.38. The van der Waals surface area contributed by atoms with Crippen LogP contribution in [0.25, 0.3) is 21.7 Å². The van der Waals surface area contributed by atoms with Crippen LogP contribution < -0.4 is 22.1 Å². The topological polar surface area (TPSA) is 202 Å². The van der Waals surface area contributed by atoms with Gasteiger partial charge in [0.05, 0.1) is 30.5 Å². The number of hydrogen-bond acceptors (Lipinski definition) is 13. The number of nitrogens with zero attached hydrogens (tertiary/aromatic N) is 4. The first-order valence-electron chi connectivity index (χ1n) is 16.2. The van der Waals surface area contributed by atoms with Gasteiger partial charge in [-0.3, -0.25) is 4.79 Å². The molecule has 0 unspecified atom stereocenters. The van der Waals surface area contributed by atoms with Crippen molar-refractivity contribution in [3.8, 4) is 33.8 Å². The largest absolute Gasteiger partial charge is 0.462 e. The number of benzene rings is 2. The molecule has 0 radical (unpaired) electrons. The van der Waals surface area contributed by atoms with Gasteiger partial charge < -0.3 is 31.6 Å². The van der Waals surface area contributed by atoms with Crippen molar-refractivity contribution in [2.45, 2.75) is 55.7 Å². The number of unbranched alkanes of at least 4 members (excludes halogenated alkanes) is 1. The van der Waals surface area contributed by atoms with Crippen molar-refractivity contribution < 1.29 is 19.1 Å². The van der Waals surface area contributed by atoms with E-state index in [0.29, 0.717) is 51.3 Å². The number of amides is 1. The number of hydrogen-bond donors (Lipinski definition) is 4. The molecule has 0 spiro atoms. The molecule has 4 rings (SSSR count). The van der Waals surface area contributed by atoms with Crippen molar-refractivity contribution in [3.63, 3.8) is 0 Å². The summed E-state index contributed by atoms with van der Waals surface area (Å²) in [6.45, 7) is 2.45. The van der Waals surface area contributed by atoms with Crippen LogP contribution in [0, 0.1) is 22.7 Å². The van der Waals surface area contributed by atoms with Crippen LogP contribution in [0.4, 0.5) is 5.82 Å². The van der Waals surface area contributed by atoms with Gasteiger partial charge in [-0.2, -0.15) is 10.5 Å². The minimum Gasteiger partial charge on any atom is -0.462 e. The molecular weight excluding hydrogens is 708 g/mol. The summed E-state index contributed by atoms with van der Waals surface area (Å²) in [7, 11) is 1.68. The van der Waals surface area contributed by atoms with Crippen LogP contribution in [0.3, 0.4) is 0 Å². The average molecular weight is 747 g/mol. The number of carbonyl (C=O) groups is 2. The number of aromatic nitrogens is 2. The predicted molar refractivity (Wildman–Crippen MR) is 200 cm³/mol. The lowest BCUT2D eigenvalue weighted by Gasteiger charge is -2.17. The second-order valence-corrected chi connectivity index (χ2v) is 13.6. The zero-order valence-electron chi connectivity index (χ0n) is 28.3. The maximum Gasteiger partial charge on any atom is 0.328 e. The van der Waals surface area contributed by atoms with Crippen LogP contribution >= 0.6 is 34.7 Å². The van der Waals surface area contributed by atoms with Gasteiger partial charge in [-0.1, -0.05) is 66.2 Å². The molecule has 6 N–H and O–H groups in total. The summed E-state index contributed by atoms with van der Waals surface area (Å²) < 4.78 is 10.9. The number of rotatable bonds is 18. The second-order valence-electron chi connectivity index (χ2n) is 11.3. The standard InChI is InChI=1S/C36H39ClN8O4S2/c1-22(43-33(46)30(41)5-3-4-14-38)36(47)49-16-15-48-19-23-6-8-24(9-7-23)31-28(17-39)32(42-2)45-35(29(31)18-40)51-21-27-20-50-34(44-27)25-10-12-26(37)13-11-25/h6-13,20,22,30H,3-5,14-16,19,21,38,41H2,1-2H3,(H,42,45)(H,43,46)/t22-,30-/m0/s1. The van der Waals surface area contributed by atoms with Crippen molar-refractivity contribution in [3.05, 3.63) is 81.3 Å². The lowest BCUT2D eigenvalue weighted by molar-refractivity contribution is -0.149. The smallest absolute Gasteiger partial charge is 0.328 e. The molecule has 266 valence electrons. The monoisotopic (exact) mass is 746 g/mol. The molecule has 0 saturated heterocycles. The van der Waals surface area contributed by atoms with Gasteiger partial charge in [-0.05, 0) is 49.6 Å². The first-order valence-corrected chi connectivity index (χ1v) is 18.4. The fraction of sp³-hybridized carbons (Fsp3) is 0.333. The molecular formula is C36H39ClN8O4S2. The van der Waals surface area contributed by atoms with Gasteiger partial charge in [0.25, 0.3) is 0 Å². The van der Waals surface area contributed by atoms with Crippen LogP contribution in [-0.2, 0) is 31.4 Å². The Kier molecular flexibility index (Phi) is 15.2. The summed E-state index contributed by atoms with van der Waals surface area (Å²) in [6, 6.07) is 17.8. The average Bonchev–Trinajstić information content (AvgIpc) is 3.62. The number of nitriles is 2. The van der Waals surface area contributed by atoms with E-state index in [2.05, 4.69) is 27.8 Å². The van der Waals surface area contributed by atoms with E-state index in [1.54, 1.807) is 7.05 Å². The lowest BCUT2D eigenvalue weighted by atomic mass is 9.96. The van der Waals surface area contributed by atoms with Gasteiger partial charge in [0.2, 0.25) is 5.91 Å². The van der Waals surface area contributed by atoms with Gasteiger partial charge in [-0.25, -0.2) is 14.8 Å². The van der Waals surface area contributed by atoms with Gasteiger partial charge in [0, 0.05) is 34.3 Å². The molecule has 0 fully saturated rings. The normalized spacial score (nSPS) is 12.0. The fourth-order valence-electron chi connectivity index (χ4n) is 4.89. The molecule has 0 saturated carbocycles. The first kappa shape index (κ1) is 39.2. The van der Waals surface area contributed by atoms with Gasteiger partial charge in [0.1, 0.15) is 46.2 Å². The van der Waals surface area contributed by atoms with Gasteiger partial charge in [-0.15, -0.1) is 11.3 Å². The Hall–Kier alpha value is -4.54. The van der Waals surface area contributed by atoms with Crippen molar-refractivity contribution >= 4 is 52.4 Å². The number of anilines is 1. The van der Waals surface area contributed by atoms with E-state index in [4.69, 9.17) is 37.5 Å². The minimum absolute atomic E-state index is 0.00430. The van der Waals surface area contributed by atoms with Gasteiger partial charge in [0.15, 0.2) is 0 Å². The fourth-order valence-corrected chi connectivity index (χ4v) is 6.83. The van der Waals surface area contributed by atoms with Gasteiger partial charge >= 0.3 is 5.97 Å². The molecule has 2 aromatic carbocycles. The maximum absolute atomic E-state index is 12.3. The highest BCUT2D eigenvalue weighted by molar-refractivity contribution is 7.98. The number of carbonyl (C=O) groups excluding carboxylic acids is 2. The Morgan fingerprint density at radius 3 is 2.39 bits per heavy atom. The summed E-state index contributed by atoms with van der Waals surface area (Å²) in [5.41, 5.74) is 15.7. The van der Waals surface area contributed by atoms with Crippen molar-refractivity contribution in [1.29, 1.82) is 10.5 Å². The molecule has 1 amide bonds. The quantitative estimate of drug-likeness (QED) is 0.0557. The van der Waals surface area contributed by atoms with E-state index < -0.39 is 24.0 Å². The van der Waals surface area contributed by atoms with Crippen LogP contribution in [0.5, 0.6) is 0 Å². The lowest BCUT2D eigenvalue weighted by Crippen LogP contribution is -2.47. The molecule has 0 aliphatic heterocycles. The van der Waals surface area contributed by atoms with Crippen molar-refractivity contribution in [2.75, 3.05) is 32.1 Å². The SMILES string of the molecule is CNc1nc(SCc2csc(-c3ccc(Cl)cc3)n2)c(C#N)c(-c2ccc(COCCOC(=O)[C@H](C)NC(=O)[C@@H](N)CCCCN)cc2)c1C#N. The van der Waals surface area contributed by atoms with E-state index in [9.17, 15) is 20.1 Å². The number of halogens is 1. The highest BCUT2D eigenvalue weighted by atomic mass is 35.5. The molecule has 4 aromatic rings. The highest BCUT2D eigenvalue weighted by Gasteiger charge is 2.23. The van der Waals surface area contributed by atoms with Crippen LogP contribution in [0.2, 0.25) is 5.02 Å². The molecule has 12 nitrogen and oxygen atoms in total. The molecule has 0 aliphatic carbocycles. The third-order valence-corrected chi connectivity index (χ3v) is 9.83. The van der Waals surface area contributed by atoms with Crippen LogP contribution in [0.15, 0.2) is 58.9 Å². The van der Waals surface area contributed by atoms with E-state index >= 15 is 0 Å². The summed E-state index contributed by atoms with van der Waals surface area (Å²) in [5, 5.41) is 29.9. The van der Waals surface area contributed by atoms with Crippen LogP contribution in [0.1, 0.15) is 48.6 Å². The number of thioether (sulfide) groups is 1. The molecule has 51 heavy (non-hydrogen) atoms. The third-order valence-electron chi connectivity index (χ3n) is 7.63. The van der Waals surface area contributed by atoms with Crippen molar-refractivity contribution in [1.82, 2.24) is 15.3 Å². The first-order chi connectivity index (χ1) is 24.7. The summed E-state index contributed by atoms with van der Waals surface area (Å²) in [6.07, 6.45) is 1.99. The molecule has 0 bridgehead atoms. The number of esters is 1. The number of nitrogens with one attached hydrogen (secondary N) is 2. The Morgan fingerprint density at radius 1 is 1.02 bits per heavy atom. The number of nitrogens with two attached hydrogens (primary N) is 2. The zero-order chi connectivity index (χ0) is 36.8. The van der Waals surface area contributed by atoms with E-state index in [1.165, 1.54) is 30.0 Å². The summed E-state index contributed by atoms with van der Waals surface area (Å²) in [4.78, 5) is 33.9. The number of pyridine rings is 1. The van der Waals surface area contributed by atoms with Crippen LogP contribution in [-0.4, -0.2) is 60.7 Å². The summed E-state index contributed by atoms with van der Waals surface area (Å²) >= 11 is 8.93. The Balaban J connectivity index is 1.35. The number of ether oxygens (including phenoxy) is 2. The Bertz CT molecular complexity index is 1870. The molecule has 0 aliphatic rings. The summed E-state index contributed by atoms with van der Waals surface area (Å²) in [5.74, 6) is -0.153. The van der Waals surface area contributed by atoms with E-state index in [0.717, 1.165) is 34.7 Å². The third kappa shape index (κ3) is 11.0. The maximum atomic E-state index is 12.3. The zero-order valence-corrected chi connectivity index (χ0v) is 30.7. The number of thiazole rings is 1. The van der Waals surface area contributed by atoms with E-state index in [1.807, 2.05) is 53.9 Å². The predicted octanol–water partition coefficient (Wildman–Crippen LogP) is 5.62.